The summed E-state index contributed by atoms with van der Waals surface area (Å²) in [5.41, 5.74) is 1.66. The number of hydrogen-bond acceptors (Lipinski definition) is 3. The second kappa shape index (κ2) is 6.86. The molecule has 20 heavy (non-hydrogen) atoms. The van der Waals surface area contributed by atoms with E-state index >= 15 is 0 Å². The lowest BCUT2D eigenvalue weighted by Gasteiger charge is -2.06. The van der Waals surface area contributed by atoms with Gasteiger partial charge in [-0.3, -0.25) is 0 Å². The number of imidazole rings is 1. The molecule has 0 fully saturated rings. The van der Waals surface area contributed by atoms with Gasteiger partial charge in [0.05, 0.1) is 17.3 Å². The van der Waals surface area contributed by atoms with E-state index < -0.39 is 0 Å². The van der Waals surface area contributed by atoms with Crippen LogP contribution in [0.4, 0.5) is 5.69 Å². The highest BCUT2D eigenvalue weighted by Crippen LogP contribution is 2.26. The summed E-state index contributed by atoms with van der Waals surface area (Å²) in [4.78, 5) is 7.52. The van der Waals surface area contributed by atoms with Crippen molar-refractivity contribution < 1.29 is 5.11 Å². The van der Waals surface area contributed by atoms with Gasteiger partial charge in [-0.05, 0) is 24.6 Å². The van der Waals surface area contributed by atoms with Crippen LogP contribution in [0, 0.1) is 0 Å². The van der Waals surface area contributed by atoms with Gasteiger partial charge in [0.25, 0.3) is 0 Å². The summed E-state index contributed by atoms with van der Waals surface area (Å²) in [7, 11) is 0. The first kappa shape index (κ1) is 15.0. The highest BCUT2D eigenvalue weighted by Gasteiger charge is 2.08. The minimum Gasteiger partial charge on any atom is -0.506 e. The third-order valence-corrected chi connectivity index (χ3v) is 3.58. The molecule has 0 saturated carbocycles. The Bertz CT molecular complexity index is 584. The first-order valence-corrected chi connectivity index (χ1v) is 7.31. The molecule has 1 aromatic heterocycles. The summed E-state index contributed by atoms with van der Waals surface area (Å²) in [6.45, 7) is 2.67. The van der Waals surface area contributed by atoms with Crippen LogP contribution in [0.15, 0.2) is 18.2 Å². The normalized spacial score (nSPS) is 10.8. The zero-order valence-electron chi connectivity index (χ0n) is 11.2. The number of nitrogens with one attached hydrogen (secondary N) is 2. The third-order valence-electron chi connectivity index (χ3n) is 2.96. The van der Waals surface area contributed by atoms with Crippen molar-refractivity contribution in [3.8, 4) is 5.75 Å². The molecule has 0 aliphatic carbocycles. The van der Waals surface area contributed by atoms with Crippen LogP contribution in [0.5, 0.6) is 5.75 Å². The van der Waals surface area contributed by atoms with Gasteiger partial charge in [0.15, 0.2) is 5.15 Å². The zero-order chi connectivity index (χ0) is 14.5. The van der Waals surface area contributed by atoms with Gasteiger partial charge in [0, 0.05) is 12.1 Å². The van der Waals surface area contributed by atoms with E-state index in [4.69, 9.17) is 23.2 Å². The molecule has 0 unspecified atom stereocenters. The summed E-state index contributed by atoms with van der Waals surface area (Å²) in [5, 5.41) is 13.4. The van der Waals surface area contributed by atoms with Crippen molar-refractivity contribution in [2.24, 2.45) is 0 Å². The number of rotatable bonds is 6. The van der Waals surface area contributed by atoms with E-state index in [0.717, 1.165) is 36.5 Å². The smallest absolute Gasteiger partial charge is 0.152 e. The van der Waals surface area contributed by atoms with Crippen LogP contribution in [0.25, 0.3) is 0 Å². The van der Waals surface area contributed by atoms with Crippen molar-refractivity contribution in [2.75, 3.05) is 5.32 Å². The maximum absolute atomic E-state index is 9.36. The monoisotopic (exact) mass is 313 g/mol. The number of aromatic nitrogens is 2. The van der Waals surface area contributed by atoms with Crippen molar-refractivity contribution in [3.63, 3.8) is 0 Å². The van der Waals surface area contributed by atoms with Crippen LogP contribution in [-0.2, 0) is 13.0 Å². The van der Waals surface area contributed by atoms with Crippen LogP contribution in [-0.4, -0.2) is 15.1 Å². The molecule has 0 bridgehead atoms. The Balaban J connectivity index is 1.99. The number of unbranched alkanes of at least 4 members (excludes halogenated alkanes) is 1. The van der Waals surface area contributed by atoms with E-state index in [2.05, 4.69) is 22.2 Å². The average Bonchev–Trinajstić information content (AvgIpc) is 2.78. The Morgan fingerprint density at radius 1 is 1.35 bits per heavy atom. The number of benzene rings is 1. The van der Waals surface area contributed by atoms with Crippen molar-refractivity contribution >= 4 is 28.9 Å². The molecule has 2 aromatic rings. The molecule has 0 aliphatic heterocycles. The molecule has 0 spiro atoms. The van der Waals surface area contributed by atoms with Gasteiger partial charge in [-0.15, -0.1) is 0 Å². The molecule has 3 N–H and O–H groups in total. The molecule has 108 valence electrons. The topological polar surface area (TPSA) is 60.9 Å². The number of H-pyrrole nitrogens is 1. The van der Waals surface area contributed by atoms with Gasteiger partial charge < -0.3 is 15.4 Å². The summed E-state index contributed by atoms with van der Waals surface area (Å²) >= 11 is 12.0. The Morgan fingerprint density at radius 2 is 2.15 bits per heavy atom. The highest BCUT2D eigenvalue weighted by atomic mass is 35.5. The van der Waals surface area contributed by atoms with Gasteiger partial charge >= 0.3 is 0 Å². The van der Waals surface area contributed by atoms with Crippen LogP contribution in [0.3, 0.4) is 0 Å². The number of halogens is 2. The van der Waals surface area contributed by atoms with Crippen LogP contribution >= 0.6 is 23.2 Å². The number of anilines is 1. The molecule has 0 amide bonds. The van der Waals surface area contributed by atoms with Crippen LogP contribution < -0.4 is 5.32 Å². The van der Waals surface area contributed by atoms with Gasteiger partial charge in [-0.1, -0.05) is 36.5 Å². The van der Waals surface area contributed by atoms with E-state index in [0.29, 0.717) is 16.7 Å². The van der Waals surface area contributed by atoms with Crippen LogP contribution in [0.2, 0.25) is 10.2 Å². The second-order valence-electron chi connectivity index (χ2n) is 4.58. The number of phenolic OH excluding ortho intramolecular Hbond substituents is 1. The maximum Gasteiger partial charge on any atom is 0.152 e. The minimum absolute atomic E-state index is 0.0682. The van der Waals surface area contributed by atoms with Gasteiger partial charge in [0.2, 0.25) is 0 Å². The second-order valence-corrected chi connectivity index (χ2v) is 5.34. The number of aromatic hydroxyl groups is 1. The molecular weight excluding hydrogens is 297 g/mol. The SMILES string of the molecule is CCCCc1nc(Cl)c(CNc2ccc(O)c(Cl)c2)[nH]1. The van der Waals surface area contributed by atoms with E-state index in [1.54, 1.807) is 18.2 Å². The molecule has 4 nitrogen and oxygen atoms in total. The highest BCUT2D eigenvalue weighted by molar-refractivity contribution is 6.32. The molecule has 0 saturated heterocycles. The number of phenols is 1. The lowest BCUT2D eigenvalue weighted by Crippen LogP contribution is -2.00. The molecule has 0 atom stereocenters. The van der Waals surface area contributed by atoms with E-state index in [9.17, 15) is 5.11 Å². The quantitative estimate of drug-likeness (QED) is 0.694. The van der Waals surface area contributed by atoms with Gasteiger partial charge in [0.1, 0.15) is 11.6 Å². The standard InChI is InChI=1S/C14H17Cl2N3O/c1-2-3-4-13-18-11(14(16)19-13)8-17-9-5-6-12(20)10(15)7-9/h5-7,17,20H,2-4,8H2,1H3,(H,18,19). The molecule has 2 rings (SSSR count). The van der Waals surface area contributed by atoms with Crippen molar-refractivity contribution in [1.29, 1.82) is 0 Å². The van der Waals surface area contributed by atoms with E-state index in [1.807, 2.05) is 0 Å². The number of hydrogen-bond donors (Lipinski definition) is 3. The fourth-order valence-corrected chi connectivity index (χ4v) is 2.22. The Hall–Kier alpha value is -1.39. The van der Waals surface area contributed by atoms with E-state index in [-0.39, 0.29) is 5.75 Å². The van der Waals surface area contributed by atoms with E-state index in [1.165, 1.54) is 0 Å². The Labute approximate surface area is 128 Å². The first-order chi connectivity index (χ1) is 9.60. The lowest BCUT2D eigenvalue weighted by molar-refractivity contribution is 0.475. The molecule has 1 aromatic carbocycles. The number of aromatic amines is 1. The third kappa shape index (κ3) is 3.81. The lowest BCUT2D eigenvalue weighted by atomic mass is 10.2. The molecule has 0 aliphatic rings. The number of aryl methyl sites for hydroxylation is 1. The van der Waals surface area contributed by atoms with Crippen molar-refractivity contribution in [2.45, 2.75) is 32.7 Å². The summed E-state index contributed by atoms with van der Waals surface area (Å²) in [5.74, 6) is 0.982. The van der Waals surface area contributed by atoms with Gasteiger partial charge in [-0.25, -0.2) is 4.98 Å². The average molecular weight is 314 g/mol. The first-order valence-electron chi connectivity index (χ1n) is 6.55. The van der Waals surface area contributed by atoms with Crippen LogP contribution in [0.1, 0.15) is 31.3 Å². The summed E-state index contributed by atoms with van der Waals surface area (Å²) in [6.07, 6.45) is 3.11. The Morgan fingerprint density at radius 3 is 2.85 bits per heavy atom. The van der Waals surface area contributed by atoms with Gasteiger partial charge in [-0.2, -0.15) is 0 Å². The predicted molar refractivity (Wildman–Crippen MR) is 82.7 cm³/mol. The molecule has 6 heteroatoms. The Kier molecular flexibility index (Phi) is 5.15. The molecule has 1 heterocycles. The van der Waals surface area contributed by atoms with Crippen molar-refractivity contribution in [3.05, 3.63) is 39.9 Å². The maximum atomic E-state index is 9.36. The molecular formula is C14H17Cl2N3O. The number of nitrogens with zero attached hydrogens (tertiary/aromatic N) is 1. The fourth-order valence-electron chi connectivity index (χ4n) is 1.83. The predicted octanol–water partition coefficient (Wildman–Crippen LogP) is 4.38. The fraction of sp³-hybridized carbons (Fsp3) is 0.357. The van der Waals surface area contributed by atoms with Crippen molar-refractivity contribution in [1.82, 2.24) is 9.97 Å². The summed E-state index contributed by atoms with van der Waals surface area (Å²) in [6, 6.07) is 4.97. The largest absolute Gasteiger partial charge is 0.506 e. The molecule has 0 radical (unpaired) electrons. The summed E-state index contributed by atoms with van der Waals surface area (Å²) < 4.78 is 0. The zero-order valence-corrected chi connectivity index (χ0v) is 12.7. The minimum atomic E-state index is 0.0682.